The molecule has 2 aromatic carbocycles. The number of aromatic hydroxyl groups is 1. The van der Waals surface area contributed by atoms with Gasteiger partial charge in [-0.2, -0.15) is 4.98 Å². The summed E-state index contributed by atoms with van der Waals surface area (Å²) in [6.07, 6.45) is 0. The molecule has 10 heteroatoms. The lowest BCUT2D eigenvalue weighted by Crippen LogP contribution is -2.30. The molecule has 170 valence electrons. The Morgan fingerprint density at radius 3 is 2.72 bits per heavy atom. The van der Waals surface area contributed by atoms with Crippen molar-refractivity contribution < 1.29 is 24.5 Å². The van der Waals surface area contributed by atoms with Gasteiger partial charge in [-0.1, -0.05) is 29.8 Å². The number of aliphatic hydroxyl groups is 1. The van der Waals surface area contributed by atoms with Gasteiger partial charge in [0.05, 0.1) is 26.4 Å². The first-order valence-corrected chi connectivity index (χ1v) is 10.4. The van der Waals surface area contributed by atoms with Crippen LogP contribution in [0.3, 0.4) is 0 Å². The van der Waals surface area contributed by atoms with E-state index < -0.39 is 0 Å². The zero-order chi connectivity index (χ0) is 22.9. The number of halogens is 1. The lowest BCUT2D eigenvalue weighted by molar-refractivity contribution is 0.0833. The molecule has 0 atom stereocenters. The van der Waals surface area contributed by atoms with Crippen molar-refractivity contribution in [2.24, 2.45) is 0 Å². The topological polar surface area (TPSA) is 118 Å². The molecule has 0 saturated heterocycles. The number of hydrogen-bond donors (Lipinski definition) is 4. The molecule has 0 fully saturated rings. The van der Waals surface area contributed by atoms with Gasteiger partial charge in [-0.05, 0) is 29.8 Å². The van der Waals surface area contributed by atoms with Crippen LogP contribution in [-0.4, -0.2) is 59.1 Å². The molecule has 0 spiro atoms. The SMILES string of the molecule is CNc1nc(Oc2cccc(O)c2)n(Cc2cccc(Cl)c2)c1C(=O)NCCOCCO. The summed E-state index contributed by atoms with van der Waals surface area (Å²) in [6, 6.07) is 13.7. The molecular formula is C22H25ClN4O5. The fraction of sp³-hybridized carbons (Fsp3) is 0.273. The number of nitrogens with one attached hydrogen (secondary N) is 2. The van der Waals surface area contributed by atoms with Crippen LogP contribution in [0.15, 0.2) is 48.5 Å². The smallest absolute Gasteiger partial charge is 0.304 e. The van der Waals surface area contributed by atoms with Gasteiger partial charge < -0.3 is 30.3 Å². The van der Waals surface area contributed by atoms with Gasteiger partial charge in [-0.15, -0.1) is 0 Å². The van der Waals surface area contributed by atoms with Crippen LogP contribution in [0.2, 0.25) is 5.02 Å². The van der Waals surface area contributed by atoms with Gasteiger partial charge in [0.2, 0.25) is 0 Å². The van der Waals surface area contributed by atoms with Crippen molar-refractivity contribution in [2.45, 2.75) is 6.54 Å². The average Bonchev–Trinajstić information content (AvgIpc) is 3.10. The van der Waals surface area contributed by atoms with E-state index in [9.17, 15) is 9.90 Å². The molecule has 0 radical (unpaired) electrons. The predicted octanol–water partition coefficient (Wildman–Crippen LogP) is 2.86. The van der Waals surface area contributed by atoms with Crippen molar-refractivity contribution in [3.05, 3.63) is 64.8 Å². The van der Waals surface area contributed by atoms with Crippen LogP contribution in [0.25, 0.3) is 0 Å². The molecule has 0 aliphatic heterocycles. The van der Waals surface area contributed by atoms with E-state index >= 15 is 0 Å². The summed E-state index contributed by atoms with van der Waals surface area (Å²) in [5.41, 5.74) is 1.11. The minimum atomic E-state index is -0.373. The van der Waals surface area contributed by atoms with Crippen LogP contribution >= 0.6 is 11.6 Å². The maximum absolute atomic E-state index is 13.0. The number of amides is 1. The molecule has 32 heavy (non-hydrogen) atoms. The van der Waals surface area contributed by atoms with Gasteiger partial charge in [0, 0.05) is 24.7 Å². The van der Waals surface area contributed by atoms with Crippen LogP contribution in [0.4, 0.5) is 5.82 Å². The summed E-state index contributed by atoms with van der Waals surface area (Å²) in [5.74, 6) is 0.373. The summed E-state index contributed by atoms with van der Waals surface area (Å²) < 4.78 is 12.7. The Morgan fingerprint density at radius 1 is 1.19 bits per heavy atom. The molecular weight excluding hydrogens is 436 g/mol. The molecule has 0 aliphatic rings. The minimum Gasteiger partial charge on any atom is -0.508 e. The van der Waals surface area contributed by atoms with Crippen molar-refractivity contribution in [1.29, 1.82) is 0 Å². The van der Waals surface area contributed by atoms with E-state index in [1.807, 2.05) is 12.1 Å². The van der Waals surface area contributed by atoms with Gasteiger partial charge in [0.15, 0.2) is 11.5 Å². The lowest BCUT2D eigenvalue weighted by atomic mass is 10.2. The molecule has 4 N–H and O–H groups in total. The van der Waals surface area contributed by atoms with Crippen LogP contribution in [0.5, 0.6) is 17.5 Å². The Bertz CT molecular complexity index is 1060. The number of carbonyl (C=O) groups excluding carboxylic acids is 1. The number of phenols is 1. The van der Waals surface area contributed by atoms with Crippen LogP contribution in [0.1, 0.15) is 16.1 Å². The molecule has 1 aromatic heterocycles. The second-order valence-electron chi connectivity index (χ2n) is 6.75. The van der Waals surface area contributed by atoms with E-state index in [0.717, 1.165) is 5.56 Å². The molecule has 0 saturated carbocycles. The number of aromatic nitrogens is 2. The fourth-order valence-corrected chi connectivity index (χ4v) is 3.23. The minimum absolute atomic E-state index is 0.0464. The van der Waals surface area contributed by atoms with E-state index in [0.29, 0.717) is 16.6 Å². The predicted molar refractivity (Wildman–Crippen MR) is 121 cm³/mol. The van der Waals surface area contributed by atoms with Crippen molar-refractivity contribution in [2.75, 3.05) is 38.7 Å². The number of benzene rings is 2. The average molecular weight is 461 g/mol. The number of ether oxygens (including phenoxy) is 2. The van der Waals surface area contributed by atoms with Gasteiger partial charge in [-0.3, -0.25) is 9.36 Å². The highest BCUT2D eigenvalue weighted by Crippen LogP contribution is 2.29. The van der Waals surface area contributed by atoms with Gasteiger partial charge >= 0.3 is 6.01 Å². The monoisotopic (exact) mass is 460 g/mol. The Balaban J connectivity index is 1.93. The number of imidazole rings is 1. The number of carbonyl (C=O) groups is 1. The van der Waals surface area contributed by atoms with Crippen LogP contribution < -0.4 is 15.4 Å². The number of aliphatic hydroxyl groups excluding tert-OH is 1. The van der Waals surface area contributed by atoms with Crippen molar-refractivity contribution in [1.82, 2.24) is 14.9 Å². The quantitative estimate of drug-likeness (QED) is 0.325. The lowest BCUT2D eigenvalue weighted by Gasteiger charge is -2.13. The zero-order valence-electron chi connectivity index (χ0n) is 17.5. The number of anilines is 1. The highest BCUT2D eigenvalue weighted by atomic mass is 35.5. The number of rotatable bonds is 11. The zero-order valence-corrected chi connectivity index (χ0v) is 18.3. The Kier molecular flexibility index (Phi) is 8.32. The molecule has 0 unspecified atom stereocenters. The second-order valence-corrected chi connectivity index (χ2v) is 7.19. The molecule has 9 nitrogen and oxygen atoms in total. The number of hydrogen-bond acceptors (Lipinski definition) is 7. The first-order chi connectivity index (χ1) is 15.5. The van der Waals surface area contributed by atoms with Crippen LogP contribution in [-0.2, 0) is 11.3 Å². The summed E-state index contributed by atoms with van der Waals surface area (Å²) in [6.45, 7) is 0.905. The molecule has 1 heterocycles. The third kappa shape index (κ3) is 6.13. The van der Waals surface area contributed by atoms with E-state index in [1.54, 1.807) is 35.9 Å². The van der Waals surface area contributed by atoms with Gasteiger partial charge in [-0.25, -0.2) is 0 Å². The van der Waals surface area contributed by atoms with Crippen molar-refractivity contribution in [3.63, 3.8) is 0 Å². The van der Waals surface area contributed by atoms with Gasteiger partial charge in [0.25, 0.3) is 5.91 Å². The summed E-state index contributed by atoms with van der Waals surface area (Å²) in [4.78, 5) is 17.5. The Hall–Kier alpha value is -3.27. The fourth-order valence-electron chi connectivity index (χ4n) is 3.02. The maximum Gasteiger partial charge on any atom is 0.304 e. The standard InChI is InChI=1S/C22H25ClN4O5/c1-24-20-19(21(30)25-8-10-31-11-9-28)27(14-15-4-2-5-16(23)12-15)22(26-20)32-18-7-3-6-17(29)13-18/h2-7,12-13,24,28-29H,8-11,14H2,1H3,(H,25,30). The van der Waals surface area contributed by atoms with E-state index in [2.05, 4.69) is 15.6 Å². The van der Waals surface area contributed by atoms with Crippen molar-refractivity contribution in [3.8, 4) is 17.5 Å². The van der Waals surface area contributed by atoms with E-state index in [4.69, 9.17) is 26.2 Å². The largest absolute Gasteiger partial charge is 0.508 e. The molecule has 0 bridgehead atoms. The normalized spacial score (nSPS) is 10.7. The molecule has 3 aromatic rings. The summed E-state index contributed by atoms with van der Waals surface area (Å²) >= 11 is 6.14. The molecule has 1 amide bonds. The van der Waals surface area contributed by atoms with Gasteiger partial charge in [0.1, 0.15) is 11.5 Å². The Labute approximate surface area is 190 Å². The highest BCUT2D eigenvalue weighted by Gasteiger charge is 2.24. The third-order valence-electron chi connectivity index (χ3n) is 4.41. The van der Waals surface area contributed by atoms with E-state index in [1.165, 1.54) is 12.1 Å². The molecule has 3 rings (SSSR count). The van der Waals surface area contributed by atoms with Crippen LogP contribution in [0, 0.1) is 0 Å². The maximum atomic E-state index is 13.0. The van der Waals surface area contributed by atoms with Crippen molar-refractivity contribution >= 4 is 23.3 Å². The first-order valence-electron chi connectivity index (χ1n) is 9.98. The number of phenolic OH excluding ortho intramolecular Hbond substituents is 1. The van der Waals surface area contributed by atoms with E-state index in [-0.39, 0.29) is 56.3 Å². The third-order valence-corrected chi connectivity index (χ3v) is 4.64. The summed E-state index contributed by atoms with van der Waals surface area (Å²) in [5, 5.41) is 24.8. The first kappa shape index (κ1) is 23.4. The number of nitrogens with zero attached hydrogens (tertiary/aromatic N) is 2. The summed E-state index contributed by atoms with van der Waals surface area (Å²) in [7, 11) is 1.66. The Morgan fingerprint density at radius 2 is 2.00 bits per heavy atom. The molecule has 0 aliphatic carbocycles. The second kappa shape index (κ2) is 11.4. The highest BCUT2D eigenvalue weighted by molar-refractivity contribution is 6.30.